The van der Waals surface area contributed by atoms with E-state index in [2.05, 4.69) is 42.0 Å². The van der Waals surface area contributed by atoms with Gasteiger partial charge in [0.15, 0.2) is 0 Å². The summed E-state index contributed by atoms with van der Waals surface area (Å²) in [6.45, 7) is 10.8. The lowest BCUT2D eigenvalue weighted by Gasteiger charge is -2.34. The van der Waals surface area contributed by atoms with Crippen LogP contribution in [0.4, 0.5) is 21.6 Å². The number of piperazine rings is 1. The first-order chi connectivity index (χ1) is 21.0. The number of aromatic nitrogens is 3. The summed E-state index contributed by atoms with van der Waals surface area (Å²) in [5, 5.41) is 6.81. The second kappa shape index (κ2) is 14.6. The van der Waals surface area contributed by atoms with E-state index in [-0.39, 0.29) is 11.7 Å². The Balaban J connectivity index is 1.29. The third kappa shape index (κ3) is 7.89. The van der Waals surface area contributed by atoms with E-state index in [1.165, 1.54) is 18.5 Å². The Labute approximate surface area is 250 Å². The molecule has 0 atom stereocenters. The number of rotatable bonds is 13. The lowest BCUT2D eigenvalue weighted by Crippen LogP contribution is -2.47. The number of carbonyl (C=O) groups is 1. The SMILES string of the molecule is C=CC(=O)Nc1cc2c(Nc3ccnc(-c4ccccc4F)c3)ncnc2cc1OCCCN1CCN(CCOC)CC1. The van der Waals surface area contributed by atoms with Gasteiger partial charge in [0.2, 0.25) is 5.91 Å². The summed E-state index contributed by atoms with van der Waals surface area (Å²) in [7, 11) is 1.73. The lowest BCUT2D eigenvalue weighted by molar-refractivity contribution is -0.111. The summed E-state index contributed by atoms with van der Waals surface area (Å²) in [6.07, 6.45) is 5.12. The third-order valence-corrected chi connectivity index (χ3v) is 7.31. The van der Waals surface area contributed by atoms with E-state index in [1.54, 1.807) is 55.8 Å². The standard InChI is InChI=1S/C32H36FN7O3/c1-3-31(41)38-29-20-25-28(21-30(29)43-17-6-11-39-12-14-40(15-13-39)16-18-42-2)35-22-36-32(25)37-23-9-10-34-27(19-23)24-7-4-5-8-26(24)33/h3-5,7-10,19-22H,1,6,11-18H2,2H3,(H,38,41)(H,34,35,36,37). The van der Waals surface area contributed by atoms with E-state index in [0.717, 1.165) is 52.3 Å². The van der Waals surface area contributed by atoms with Crippen LogP contribution in [0.1, 0.15) is 6.42 Å². The summed E-state index contributed by atoms with van der Waals surface area (Å²) in [4.78, 5) is 30.3. The van der Waals surface area contributed by atoms with Crippen LogP contribution in [0.25, 0.3) is 22.2 Å². The van der Waals surface area contributed by atoms with Crippen molar-refractivity contribution < 1.29 is 18.7 Å². The monoisotopic (exact) mass is 585 g/mol. The maximum absolute atomic E-state index is 14.4. The normalized spacial score (nSPS) is 14.0. The number of amides is 1. The van der Waals surface area contributed by atoms with Gasteiger partial charge in [-0.3, -0.25) is 14.7 Å². The molecule has 43 heavy (non-hydrogen) atoms. The molecule has 0 saturated carbocycles. The molecule has 0 bridgehead atoms. The summed E-state index contributed by atoms with van der Waals surface area (Å²) >= 11 is 0. The summed E-state index contributed by atoms with van der Waals surface area (Å²) in [5.74, 6) is 0.323. The van der Waals surface area contributed by atoms with Crippen molar-refractivity contribution >= 4 is 34.0 Å². The molecule has 0 unspecified atom stereocenters. The molecular weight excluding hydrogens is 549 g/mol. The number of ether oxygens (including phenoxy) is 2. The molecule has 1 amide bonds. The summed E-state index contributed by atoms with van der Waals surface area (Å²) in [5.41, 5.74) is 2.69. The van der Waals surface area contributed by atoms with Crippen LogP contribution in [0.15, 0.2) is 73.7 Å². The van der Waals surface area contributed by atoms with E-state index in [0.29, 0.717) is 51.7 Å². The minimum absolute atomic E-state index is 0.352. The average molecular weight is 586 g/mol. The van der Waals surface area contributed by atoms with E-state index < -0.39 is 0 Å². The molecule has 5 rings (SSSR count). The zero-order chi connectivity index (χ0) is 30.0. The van der Waals surface area contributed by atoms with Crippen molar-refractivity contribution in [2.45, 2.75) is 6.42 Å². The van der Waals surface area contributed by atoms with Crippen molar-refractivity contribution in [3.63, 3.8) is 0 Å². The fraction of sp³-hybridized carbons (Fsp3) is 0.312. The van der Waals surface area contributed by atoms with E-state index in [4.69, 9.17) is 9.47 Å². The summed E-state index contributed by atoms with van der Waals surface area (Å²) in [6, 6.07) is 13.6. The molecular formula is C32H36FN7O3. The highest BCUT2D eigenvalue weighted by Gasteiger charge is 2.17. The number of benzene rings is 2. The first kappa shape index (κ1) is 30.0. The van der Waals surface area contributed by atoms with Crippen LogP contribution in [-0.4, -0.2) is 90.3 Å². The second-order valence-electron chi connectivity index (χ2n) is 10.2. The first-order valence-corrected chi connectivity index (χ1v) is 14.3. The highest BCUT2D eigenvalue weighted by molar-refractivity contribution is 6.03. The minimum atomic E-state index is -0.356. The van der Waals surface area contributed by atoms with Crippen LogP contribution in [0, 0.1) is 5.82 Å². The zero-order valence-electron chi connectivity index (χ0n) is 24.3. The van der Waals surface area contributed by atoms with Gasteiger partial charge >= 0.3 is 0 Å². The first-order valence-electron chi connectivity index (χ1n) is 14.3. The number of methoxy groups -OCH3 is 1. The number of hydrogen-bond donors (Lipinski definition) is 2. The van der Waals surface area contributed by atoms with Crippen molar-refractivity contribution in [3.05, 3.63) is 79.5 Å². The fourth-order valence-electron chi connectivity index (χ4n) is 4.97. The molecule has 10 nitrogen and oxygen atoms in total. The van der Waals surface area contributed by atoms with Crippen molar-refractivity contribution in [1.82, 2.24) is 24.8 Å². The number of hydrogen-bond acceptors (Lipinski definition) is 9. The highest BCUT2D eigenvalue weighted by Crippen LogP contribution is 2.34. The number of pyridine rings is 1. The Morgan fingerprint density at radius 2 is 1.81 bits per heavy atom. The fourth-order valence-corrected chi connectivity index (χ4v) is 4.97. The average Bonchev–Trinajstić information content (AvgIpc) is 3.03. The van der Waals surface area contributed by atoms with Crippen LogP contribution in [0.2, 0.25) is 0 Å². The van der Waals surface area contributed by atoms with Gasteiger partial charge < -0.3 is 25.0 Å². The number of carbonyl (C=O) groups excluding carboxylic acids is 1. The Hall–Kier alpha value is -4.45. The van der Waals surface area contributed by atoms with Gasteiger partial charge in [-0.1, -0.05) is 18.7 Å². The zero-order valence-corrected chi connectivity index (χ0v) is 24.3. The molecule has 11 heteroatoms. The molecule has 1 fully saturated rings. The number of nitrogens with one attached hydrogen (secondary N) is 2. The molecule has 224 valence electrons. The quantitative estimate of drug-likeness (QED) is 0.170. The predicted octanol–water partition coefficient (Wildman–Crippen LogP) is 4.73. The van der Waals surface area contributed by atoms with Gasteiger partial charge in [-0.15, -0.1) is 0 Å². The molecule has 4 aromatic rings. The van der Waals surface area contributed by atoms with Crippen molar-refractivity contribution in [2.24, 2.45) is 0 Å². The molecule has 0 radical (unpaired) electrons. The molecule has 2 N–H and O–H groups in total. The van der Waals surface area contributed by atoms with Crippen molar-refractivity contribution in [3.8, 4) is 17.0 Å². The largest absolute Gasteiger partial charge is 0.491 e. The molecule has 1 aliphatic heterocycles. The smallest absolute Gasteiger partial charge is 0.247 e. The van der Waals surface area contributed by atoms with Gasteiger partial charge in [0, 0.05) is 75.3 Å². The second-order valence-corrected chi connectivity index (χ2v) is 10.2. The van der Waals surface area contributed by atoms with Crippen LogP contribution >= 0.6 is 0 Å². The number of fused-ring (bicyclic) bond motifs is 1. The minimum Gasteiger partial charge on any atom is -0.491 e. The Morgan fingerprint density at radius 3 is 2.58 bits per heavy atom. The molecule has 3 heterocycles. The molecule has 0 aliphatic carbocycles. The maximum Gasteiger partial charge on any atom is 0.247 e. The van der Waals surface area contributed by atoms with E-state index in [9.17, 15) is 9.18 Å². The van der Waals surface area contributed by atoms with Crippen LogP contribution in [0.3, 0.4) is 0 Å². The van der Waals surface area contributed by atoms with E-state index >= 15 is 0 Å². The molecule has 0 spiro atoms. The Bertz CT molecular complexity index is 1560. The number of nitrogens with zero attached hydrogens (tertiary/aromatic N) is 5. The Kier molecular flexibility index (Phi) is 10.2. The van der Waals surface area contributed by atoms with E-state index in [1.807, 2.05) is 0 Å². The van der Waals surface area contributed by atoms with Crippen molar-refractivity contribution in [2.75, 3.05) is 70.2 Å². The van der Waals surface area contributed by atoms with Gasteiger partial charge in [0.1, 0.15) is 23.7 Å². The maximum atomic E-state index is 14.4. The van der Waals surface area contributed by atoms with Crippen LogP contribution in [-0.2, 0) is 9.53 Å². The van der Waals surface area contributed by atoms with Gasteiger partial charge in [-0.25, -0.2) is 14.4 Å². The molecule has 2 aromatic heterocycles. The highest BCUT2D eigenvalue weighted by atomic mass is 19.1. The van der Waals surface area contributed by atoms with Gasteiger partial charge in [-0.05, 0) is 42.8 Å². The summed E-state index contributed by atoms with van der Waals surface area (Å²) < 4.78 is 25.7. The van der Waals surface area contributed by atoms with Crippen LogP contribution in [0.5, 0.6) is 5.75 Å². The Morgan fingerprint density at radius 1 is 1.02 bits per heavy atom. The third-order valence-electron chi connectivity index (χ3n) is 7.31. The lowest BCUT2D eigenvalue weighted by atomic mass is 10.1. The number of halogens is 1. The van der Waals surface area contributed by atoms with Crippen LogP contribution < -0.4 is 15.4 Å². The topological polar surface area (TPSA) is 105 Å². The molecule has 2 aromatic carbocycles. The van der Waals surface area contributed by atoms with Crippen molar-refractivity contribution in [1.29, 1.82) is 0 Å². The van der Waals surface area contributed by atoms with Gasteiger partial charge in [0.05, 0.1) is 30.1 Å². The van der Waals surface area contributed by atoms with Gasteiger partial charge in [-0.2, -0.15) is 0 Å². The predicted molar refractivity (Wildman–Crippen MR) is 166 cm³/mol. The van der Waals surface area contributed by atoms with Gasteiger partial charge in [0.25, 0.3) is 0 Å². The number of anilines is 3. The molecule has 1 aliphatic rings. The molecule has 1 saturated heterocycles.